The molecule has 0 spiro atoms. The fourth-order valence-corrected chi connectivity index (χ4v) is 2.40. The van der Waals surface area contributed by atoms with Crippen LogP contribution in [-0.4, -0.2) is 21.7 Å². The number of benzene rings is 1. The Hall–Kier alpha value is -1.07. The maximum Gasteiger partial charge on any atom is 0.412 e. The molecule has 1 amide bonds. The Labute approximate surface area is 115 Å². The Balaban J connectivity index is 2.21. The summed E-state index contributed by atoms with van der Waals surface area (Å²) in [7, 11) is 0. The summed E-state index contributed by atoms with van der Waals surface area (Å²) < 4.78 is 6.17. The first-order valence-electron chi connectivity index (χ1n) is 5.74. The molecule has 1 atom stereocenters. The molecule has 0 saturated heterocycles. The van der Waals surface area contributed by atoms with Gasteiger partial charge in [-0.05, 0) is 32.4 Å². The van der Waals surface area contributed by atoms with Crippen molar-refractivity contribution in [2.75, 3.05) is 0 Å². The first-order chi connectivity index (χ1) is 8.29. The van der Waals surface area contributed by atoms with Crippen molar-refractivity contribution in [1.82, 2.24) is 4.90 Å². The highest BCUT2D eigenvalue weighted by Gasteiger charge is 2.35. The summed E-state index contributed by atoms with van der Waals surface area (Å²) in [5, 5.41) is 10.1. The van der Waals surface area contributed by atoms with Crippen LogP contribution >= 0.6 is 15.9 Å². The predicted molar refractivity (Wildman–Crippen MR) is 70.9 cm³/mol. The number of amides is 1. The van der Waals surface area contributed by atoms with Crippen LogP contribution in [0.5, 0.6) is 0 Å². The second-order valence-electron chi connectivity index (χ2n) is 5.29. The van der Waals surface area contributed by atoms with Crippen LogP contribution < -0.4 is 0 Å². The third-order valence-corrected chi connectivity index (χ3v) is 3.43. The monoisotopic (exact) mass is 313 g/mol. The molecular weight excluding hydrogens is 298 g/mol. The van der Waals surface area contributed by atoms with Crippen molar-refractivity contribution in [1.29, 1.82) is 0 Å². The summed E-state index contributed by atoms with van der Waals surface area (Å²) in [6.07, 6.45) is -1.44. The van der Waals surface area contributed by atoms with Crippen molar-refractivity contribution in [2.45, 2.75) is 39.1 Å². The molecule has 0 saturated carbocycles. The summed E-state index contributed by atoms with van der Waals surface area (Å²) in [6, 6.07) is 5.55. The van der Waals surface area contributed by atoms with Crippen molar-refractivity contribution >= 4 is 22.0 Å². The Morgan fingerprint density at radius 3 is 2.72 bits per heavy atom. The lowest BCUT2D eigenvalue weighted by Gasteiger charge is -2.26. The smallest absolute Gasteiger partial charge is 0.412 e. The van der Waals surface area contributed by atoms with Gasteiger partial charge in [0.05, 0.1) is 6.54 Å². The van der Waals surface area contributed by atoms with Gasteiger partial charge in [-0.15, -0.1) is 0 Å². The van der Waals surface area contributed by atoms with Crippen LogP contribution in [0.4, 0.5) is 4.79 Å². The van der Waals surface area contributed by atoms with Gasteiger partial charge in [-0.25, -0.2) is 4.79 Å². The van der Waals surface area contributed by atoms with Gasteiger partial charge in [0.25, 0.3) is 0 Å². The average Bonchev–Trinajstić information content (AvgIpc) is 2.56. The summed E-state index contributed by atoms with van der Waals surface area (Å²) in [5.74, 6) is 0. The summed E-state index contributed by atoms with van der Waals surface area (Å²) in [6.45, 7) is 5.76. The quantitative estimate of drug-likeness (QED) is 0.800. The summed E-state index contributed by atoms with van der Waals surface area (Å²) >= 11 is 3.42. The zero-order valence-electron chi connectivity index (χ0n) is 10.6. The third kappa shape index (κ3) is 2.52. The molecule has 1 heterocycles. The number of fused-ring (bicyclic) bond motifs is 1. The van der Waals surface area contributed by atoms with E-state index in [1.165, 1.54) is 4.90 Å². The van der Waals surface area contributed by atoms with Crippen LogP contribution in [0.3, 0.4) is 0 Å². The number of aliphatic hydroxyl groups is 1. The van der Waals surface area contributed by atoms with E-state index in [2.05, 4.69) is 15.9 Å². The minimum atomic E-state index is -0.938. The molecule has 0 fully saturated rings. The number of halogens is 1. The van der Waals surface area contributed by atoms with Crippen LogP contribution in [0.1, 0.15) is 38.1 Å². The maximum atomic E-state index is 12.0. The van der Waals surface area contributed by atoms with Crippen molar-refractivity contribution in [2.24, 2.45) is 0 Å². The normalized spacial score (nSPS) is 18.7. The molecule has 1 unspecified atom stereocenters. The molecule has 4 nitrogen and oxygen atoms in total. The third-order valence-electron chi connectivity index (χ3n) is 2.68. The molecule has 1 aromatic carbocycles. The van der Waals surface area contributed by atoms with Crippen LogP contribution in [0.15, 0.2) is 22.7 Å². The SMILES string of the molecule is CC(C)(C)OC(=O)N1Cc2c(Br)cccc2C1O. The van der Waals surface area contributed by atoms with E-state index in [1.54, 1.807) is 20.8 Å². The molecule has 5 heteroatoms. The predicted octanol–water partition coefficient (Wildman–Crippen LogP) is 3.19. The Bertz CT molecular complexity index is 482. The second-order valence-corrected chi connectivity index (χ2v) is 6.14. The molecular formula is C13H16BrNO3. The van der Waals surface area contributed by atoms with E-state index in [0.29, 0.717) is 6.54 Å². The van der Waals surface area contributed by atoms with Gasteiger partial charge in [-0.3, -0.25) is 4.90 Å². The van der Waals surface area contributed by atoms with Crippen molar-refractivity contribution in [3.63, 3.8) is 0 Å². The van der Waals surface area contributed by atoms with E-state index in [4.69, 9.17) is 4.74 Å². The lowest BCUT2D eigenvalue weighted by Crippen LogP contribution is -2.35. The highest BCUT2D eigenvalue weighted by molar-refractivity contribution is 9.10. The molecule has 0 bridgehead atoms. The number of aliphatic hydroxyl groups excluding tert-OH is 1. The largest absolute Gasteiger partial charge is 0.444 e. The van der Waals surface area contributed by atoms with Gasteiger partial charge in [0, 0.05) is 10.0 Å². The number of nitrogens with zero attached hydrogens (tertiary/aromatic N) is 1. The summed E-state index contributed by atoms with van der Waals surface area (Å²) in [5.41, 5.74) is 1.11. The molecule has 2 rings (SSSR count). The minimum Gasteiger partial charge on any atom is -0.444 e. The number of hydrogen-bond acceptors (Lipinski definition) is 3. The van der Waals surface area contributed by atoms with E-state index in [9.17, 15) is 9.90 Å². The molecule has 1 N–H and O–H groups in total. The molecule has 0 aliphatic carbocycles. The van der Waals surface area contributed by atoms with Crippen molar-refractivity contribution in [3.05, 3.63) is 33.8 Å². The fraction of sp³-hybridized carbons (Fsp3) is 0.462. The number of carbonyl (C=O) groups is 1. The van der Waals surface area contributed by atoms with E-state index < -0.39 is 17.9 Å². The van der Waals surface area contributed by atoms with E-state index in [0.717, 1.165) is 15.6 Å². The number of ether oxygens (including phenoxy) is 1. The van der Waals surface area contributed by atoms with E-state index in [-0.39, 0.29) is 0 Å². The highest BCUT2D eigenvalue weighted by Crippen LogP contribution is 2.36. The lowest BCUT2D eigenvalue weighted by atomic mass is 10.1. The first-order valence-corrected chi connectivity index (χ1v) is 6.54. The Morgan fingerprint density at radius 1 is 1.50 bits per heavy atom. The van der Waals surface area contributed by atoms with Crippen molar-refractivity contribution < 1.29 is 14.6 Å². The first kappa shape index (κ1) is 13.4. The zero-order valence-corrected chi connectivity index (χ0v) is 12.2. The highest BCUT2D eigenvalue weighted by atomic mass is 79.9. The van der Waals surface area contributed by atoms with E-state index >= 15 is 0 Å². The number of carbonyl (C=O) groups excluding carboxylic acids is 1. The van der Waals surface area contributed by atoms with Gasteiger partial charge in [0.15, 0.2) is 6.23 Å². The van der Waals surface area contributed by atoms with E-state index in [1.807, 2.05) is 18.2 Å². The molecule has 1 aliphatic rings. The van der Waals surface area contributed by atoms with Crippen LogP contribution in [0, 0.1) is 0 Å². The van der Waals surface area contributed by atoms with Crippen molar-refractivity contribution in [3.8, 4) is 0 Å². The van der Waals surface area contributed by atoms with Crippen LogP contribution in [0.25, 0.3) is 0 Å². The van der Waals surface area contributed by atoms with Crippen LogP contribution in [0.2, 0.25) is 0 Å². The number of hydrogen-bond donors (Lipinski definition) is 1. The molecule has 0 radical (unpaired) electrons. The Kier molecular flexibility index (Phi) is 3.38. The Morgan fingerprint density at radius 2 is 2.17 bits per heavy atom. The molecule has 0 aromatic heterocycles. The molecule has 98 valence electrons. The topological polar surface area (TPSA) is 49.8 Å². The molecule has 18 heavy (non-hydrogen) atoms. The average molecular weight is 314 g/mol. The maximum absolute atomic E-state index is 12.0. The van der Waals surface area contributed by atoms with Gasteiger partial charge < -0.3 is 9.84 Å². The zero-order chi connectivity index (χ0) is 13.5. The van der Waals surface area contributed by atoms with Crippen LogP contribution in [-0.2, 0) is 11.3 Å². The van der Waals surface area contributed by atoms with Gasteiger partial charge >= 0.3 is 6.09 Å². The standard InChI is InChI=1S/C13H16BrNO3/c1-13(2,3)18-12(17)15-7-9-8(11(15)16)5-4-6-10(9)14/h4-6,11,16H,7H2,1-3H3. The second kappa shape index (κ2) is 4.55. The van der Waals surface area contributed by atoms with Gasteiger partial charge in [0.2, 0.25) is 0 Å². The van der Waals surface area contributed by atoms with Gasteiger partial charge in [0.1, 0.15) is 5.60 Å². The minimum absolute atomic E-state index is 0.354. The van der Waals surface area contributed by atoms with Gasteiger partial charge in [-0.2, -0.15) is 0 Å². The number of rotatable bonds is 0. The summed E-state index contributed by atoms with van der Waals surface area (Å²) in [4.78, 5) is 13.3. The molecule has 1 aromatic rings. The molecule has 1 aliphatic heterocycles. The lowest BCUT2D eigenvalue weighted by molar-refractivity contribution is -0.0257. The van der Waals surface area contributed by atoms with Gasteiger partial charge in [-0.1, -0.05) is 28.1 Å². The fourth-order valence-electron chi connectivity index (χ4n) is 1.89.